The first-order chi connectivity index (χ1) is 8.61. The summed E-state index contributed by atoms with van der Waals surface area (Å²) in [7, 11) is 0. The molecular formula is C12H15N3O3. The first-order valence-electron chi connectivity index (χ1n) is 6.04. The Labute approximate surface area is 104 Å². The molecule has 0 N–H and O–H groups in total. The fraction of sp³-hybridized carbons (Fsp3) is 0.667. The maximum Gasteiger partial charge on any atom is 0.163 e. The van der Waals surface area contributed by atoms with Crippen molar-refractivity contribution in [2.75, 3.05) is 0 Å². The second-order valence-corrected chi connectivity index (χ2v) is 5.19. The average Bonchev–Trinajstić information content (AvgIpc) is 2.96. The molecule has 1 aliphatic carbocycles. The Morgan fingerprint density at radius 2 is 2.17 bits per heavy atom. The van der Waals surface area contributed by atoms with Gasteiger partial charge in [0.05, 0.1) is 24.5 Å². The molecule has 1 saturated heterocycles. The molecule has 0 amide bonds. The lowest BCUT2D eigenvalue weighted by atomic mass is 10.0. The van der Waals surface area contributed by atoms with E-state index in [1.54, 1.807) is 6.26 Å². The van der Waals surface area contributed by atoms with Crippen LogP contribution in [0.4, 0.5) is 0 Å². The largest absolute Gasteiger partial charge is 0.469 e. The highest BCUT2D eigenvalue weighted by Crippen LogP contribution is 2.47. The summed E-state index contributed by atoms with van der Waals surface area (Å²) in [6, 6.07) is 3.58. The third-order valence-electron chi connectivity index (χ3n) is 3.54. The van der Waals surface area contributed by atoms with Crippen LogP contribution in [-0.4, -0.2) is 24.0 Å². The van der Waals surface area contributed by atoms with Gasteiger partial charge in [-0.05, 0) is 37.9 Å². The van der Waals surface area contributed by atoms with Crippen molar-refractivity contribution in [2.24, 2.45) is 5.11 Å². The third-order valence-corrected chi connectivity index (χ3v) is 3.54. The number of rotatable bonds is 2. The fourth-order valence-electron chi connectivity index (χ4n) is 2.91. The monoisotopic (exact) mass is 249 g/mol. The van der Waals surface area contributed by atoms with E-state index < -0.39 is 5.79 Å². The van der Waals surface area contributed by atoms with E-state index in [0.29, 0.717) is 6.42 Å². The molecule has 2 heterocycles. The van der Waals surface area contributed by atoms with Crippen molar-refractivity contribution in [2.45, 2.75) is 50.2 Å². The Morgan fingerprint density at radius 1 is 1.39 bits per heavy atom. The van der Waals surface area contributed by atoms with Gasteiger partial charge in [0.1, 0.15) is 5.76 Å². The lowest BCUT2D eigenvalue weighted by Gasteiger charge is -2.21. The smallest absolute Gasteiger partial charge is 0.163 e. The highest BCUT2D eigenvalue weighted by molar-refractivity contribution is 5.16. The summed E-state index contributed by atoms with van der Waals surface area (Å²) in [5, 5.41) is 3.83. The number of nitrogens with zero attached hydrogens (tertiary/aromatic N) is 3. The molecule has 1 saturated carbocycles. The summed E-state index contributed by atoms with van der Waals surface area (Å²) in [4.78, 5) is 2.90. The molecular weight excluding hydrogens is 234 g/mol. The van der Waals surface area contributed by atoms with Gasteiger partial charge in [-0.25, -0.2) is 0 Å². The van der Waals surface area contributed by atoms with E-state index in [2.05, 4.69) is 10.0 Å². The predicted molar refractivity (Wildman–Crippen MR) is 62.8 cm³/mol. The van der Waals surface area contributed by atoms with Crippen molar-refractivity contribution in [3.05, 3.63) is 34.6 Å². The summed E-state index contributed by atoms with van der Waals surface area (Å²) in [6.45, 7) is 3.75. The quantitative estimate of drug-likeness (QED) is 0.459. The lowest BCUT2D eigenvalue weighted by Crippen LogP contribution is -2.27. The average molecular weight is 249 g/mol. The Kier molecular flexibility index (Phi) is 2.59. The molecule has 0 radical (unpaired) electrons. The SMILES string of the molecule is CC1(C)O[C@@H]2[C@H](O1)[C@H](N=[N+]=[N-])C[C@@H]2c1ccco1. The van der Waals surface area contributed by atoms with Gasteiger partial charge in [0.15, 0.2) is 5.79 Å². The molecule has 1 aromatic heterocycles. The van der Waals surface area contributed by atoms with E-state index >= 15 is 0 Å². The third kappa shape index (κ3) is 1.79. The van der Waals surface area contributed by atoms with Crippen LogP contribution in [0.15, 0.2) is 27.9 Å². The zero-order chi connectivity index (χ0) is 12.8. The molecule has 1 aromatic rings. The van der Waals surface area contributed by atoms with E-state index in [1.165, 1.54) is 0 Å². The number of furan rings is 1. The van der Waals surface area contributed by atoms with Crippen LogP contribution >= 0.6 is 0 Å². The van der Waals surface area contributed by atoms with Crippen molar-refractivity contribution in [3.63, 3.8) is 0 Å². The Morgan fingerprint density at radius 3 is 2.83 bits per heavy atom. The molecule has 4 atom stereocenters. The van der Waals surface area contributed by atoms with Gasteiger partial charge in [-0.15, -0.1) is 0 Å². The second-order valence-electron chi connectivity index (χ2n) is 5.19. The van der Waals surface area contributed by atoms with Crippen LogP contribution in [0.25, 0.3) is 10.4 Å². The number of fused-ring (bicyclic) bond motifs is 1. The van der Waals surface area contributed by atoms with E-state index in [9.17, 15) is 0 Å². The van der Waals surface area contributed by atoms with Gasteiger partial charge in [0, 0.05) is 10.8 Å². The molecule has 0 bridgehead atoms. The molecule has 18 heavy (non-hydrogen) atoms. The van der Waals surface area contributed by atoms with Gasteiger partial charge in [0.25, 0.3) is 0 Å². The fourth-order valence-corrected chi connectivity index (χ4v) is 2.91. The van der Waals surface area contributed by atoms with Gasteiger partial charge in [-0.1, -0.05) is 5.11 Å². The zero-order valence-corrected chi connectivity index (χ0v) is 10.3. The molecule has 6 heteroatoms. The number of hydrogen-bond donors (Lipinski definition) is 0. The zero-order valence-electron chi connectivity index (χ0n) is 10.3. The minimum absolute atomic E-state index is 0.0854. The summed E-state index contributed by atoms with van der Waals surface area (Å²) in [5.41, 5.74) is 8.63. The lowest BCUT2D eigenvalue weighted by molar-refractivity contribution is -0.154. The number of azide groups is 1. The maximum absolute atomic E-state index is 8.63. The second kappa shape index (κ2) is 4.02. The van der Waals surface area contributed by atoms with Gasteiger partial charge < -0.3 is 13.9 Å². The molecule has 0 spiro atoms. The minimum atomic E-state index is -0.635. The Bertz CT molecular complexity index is 479. The maximum atomic E-state index is 8.63. The highest BCUT2D eigenvalue weighted by atomic mass is 16.8. The van der Waals surface area contributed by atoms with Crippen molar-refractivity contribution in [3.8, 4) is 0 Å². The first-order valence-corrected chi connectivity index (χ1v) is 6.04. The predicted octanol–water partition coefficient (Wildman–Crippen LogP) is 2.97. The van der Waals surface area contributed by atoms with E-state index in [-0.39, 0.29) is 24.2 Å². The van der Waals surface area contributed by atoms with Crippen LogP contribution in [-0.2, 0) is 9.47 Å². The molecule has 0 aromatic carbocycles. The summed E-state index contributed by atoms with van der Waals surface area (Å²) >= 11 is 0. The summed E-state index contributed by atoms with van der Waals surface area (Å²) < 4.78 is 17.2. The van der Waals surface area contributed by atoms with Crippen LogP contribution in [0, 0.1) is 0 Å². The molecule has 0 unspecified atom stereocenters. The topological polar surface area (TPSA) is 80.4 Å². The van der Waals surface area contributed by atoms with Crippen LogP contribution in [0.2, 0.25) is 0 Å². The van der Waals surface area contributed by atoms with Crippen molar-refractivity contribution < 1.29 is 13.9 Å². The van der Waals surface area contributed by atoms with Crippen LogP contribution in [0.5, 0.6) is 0 Å². The molecule has 3 rings (SSSR count). The van der Waals surface area contributed by atoms with Crippen LogP contribution in [0.1, 0.15) is 31.9 Å². The first kappa shape index (κ1) is 11.6. The van der Waals surface area contributed by atoms with Crippen molar-refractivity contribution >= 4 is 0 Å². The summed E-state index contributed by atoms with van der Waals surface area (Å²) in [6.07, 6.45) is 2.04. The van der Waals surface area contributed by atoms with E-state index in [4.69, 9.17) is 19.4 Å². The van der Waals surface area contributed by atoms with Crippen molar-refractivity contribution in [1.82, 2.24) is 0 Å². The van der Waals surface area contributed by atoms with Gasteiger partial charge in [-0.2, -0.15) is 0 Å². The van der Waals surface area contributed by atoms with Crippen molar-refractivity contribution in [1.29, 1.82) is 0 Å². The number of ether oxygens (including phenoxy) is 2. The standard InChI is InChI=1S/C12H15N3O3/c1-12(2)17-10-7(9-4-3-5-16-9)6-8(14-15-13)11(10)18-12/h3-5,7-8,10-11H,6H2,1-2H3/t7-,8-,10+,11-/m1/s1. The van der Waals surface area contributed by atoms with Gasteiger partial charge in [0.2, 0.25) is 0 Å². The Hall–Kier alpha value is -1.49. The molecule has 2 fully saturated rings. The Balaban J connectivity index is 1.92. The molecule has 96 valence electrons. The molecule has 6 nitrogen and oxygen atoms in total. The van der Waals surface area contributed by atoms with Crippen LogP contribution in [0.3, 0.4) is 0 Å². The van der Waals surface area contributed by atoms with E-state index in [1.807, 2.05) is 26.0 Å². The van der Waals surface area contributed by atoms with Gasteiger partial charge >= 0.3 is 0 Å². The van der Waals surface area contributed by atoms with Crippen LogP contribution < -0.4 is 0 Å². The minimum Gasteiger partial charge on any atom is -0.469 e. The number of hydrogen-bond acceptors (Lipinski definition) is 4. The van der Waals surface area contributed by atoms with E-state index in [0.717, 1.165) is 5.76 Å². The molecule has 1 aliphatic heterocycles. The van der Waals surface area contributed by atoms with Gasteiger partial charge in [-0.3, -0.25) is 0 Å². The normalized spacial score (nSPS) is 37.2. The molecule has 2 aliphatic rings. The highest BCUT2D eigenvalue weighted by Gasteiger charge is 2.54. The summed E-state index contributed by atoms with van der Waals surface area (Å²) in [5.74, 6) is 0.313.